The smallest absolute Gasteiger partial charge is 0.309 e. The molecule has 0 saturated heterocycles. The van der Waals surface area contributed by atoms with Crippen LogP contribution in [0.1, 0.15) is 30.4 Å². The average molecular weight is 232 g/mol. The highest BCUT2D eigenvalue weighted by Crippen LogP contribution is 2.52. The molecule has 2 unspecified atom stereocenters. The second-order valence-corrected chi connectivity index (χ2v) is 4.63. The van der Waals surface area contributed by atoms with E-state index in [1.165, 1.54) is 11.1 Å². The van der Waals surface area contributed by atoms with Gasteiger partial charge in [-0.3, -0.25) is 4.79 Å². The number of hydrogen-bond acceptors (Lipinski definition) is 3. The van der Waals surface area contributed by atoms with Crippen LogP contribution in [0.25, 0.3) is 0 Å². The van der Waals surface area contributed by atoms with Crippen LogP contribution in [0.3, 0.4) is 0 Å². The number of rotatable bonds is 3. The van der Waals surface area contributed by atoms with Crippen molar-refractivity contribution >= 4 is 5.97 Å². The van der Waals surface area contributed by atoms with Gasteiger partial charge in [-0.05, 0) is 24.5 Å². The molecule has 90 valence electrons. The molecule has 0 bridgehead atoms. The van der Waals surface area contributed by atoms with Crippen LogP contribution in [-0.2, 0) is 16.0 Å². The first-order chi connectivity index (χ1) is 8.31. The molecule has 1 aliphatic carbocycles. The number of benzene rings is 1. The van der Waals surface area contributed by atoms with Crippen molar-refractivity contribution in [1.82, 2.24) is 0 Å². The van der Waals surface area contributed by atoms with E-state index in [2.05, 4.69) is 18.2 Å². The molecule has 1 saturated carbocycles. The Kier molecular flexibility index (Phi) is 2.54. The minimum Gasteiger partial charge on any atom is -0.493 e. The Bertz CT molecular complexity index is 453. The van der Waals surface area contributed by atoms with E-state index in [-0.39, 0.29) is 11.9 Å². The molecule has 2 aliphatic rings. The van der Waals surface area contributed by atoms with E-state index < -0.39 is 0 Å². The molecule has 0 N–H and O–H groups in total. The molecule has 0 radical (unpaired) electrons. The largest absolute Gasteiger partial charge is 0.493 e. The van der Waals surface area contributed by atoms with Gasteiger partial charge in [0.25, 0.3) is 0 Å². The first-order valence-electron chi connectivity index (χ1n) is 6.22. The molecular formula is C14H16O3. The van der Waals surface area contributed by atoms with Gasteiger partial charge in [0.05, 0.1) is 19.1 Å². The zero-order valence-corrected chi connectivity index (χ0v) is 9.94. The molecule has 0 aromatic heterocycles. The number of carbonyl (C=O) groups excluding carboxylic acids is 1. The first-order valence-corrected chi connectivity index (χ1v) is 6.22. The Labute approximate surface area is 101 Å². The molecule has 17 heavy (non-hydrogen) atoms. The van der Waals surface area contributed by atoms with E-state index in [4.69, 9.17) is 9.47 Å². The lowest BCUT2D eigenvalue weighted by Gasteiger charge is -2.07. The van der Waals surface area contributed by atoms with Gasteiger partial charge in [0, 0.05) is 12.3 Å². The minimum absolute atomic E-state index is 0.0469. The van der Waals surface area contributed by atoms with Crippen molar-refractivity contribution in [3.63, 3.8) is 0 Å². The lowest BCUT2D eigenvalue weighted by Crippen LogP contribution is -2.07. The molecule has 1 aromatic carbocycles. The highest BCUT2D eigenvalue weighted by atomic mass is 16.5. The van der Waals surface area contributed by atoms with Gasteiger partial charge in [0.2, 0.25) is 0 Å². The summed E-state index contributed by atoms with van der Waals surface area (Å²) in [5, 5.41) is 0. The molecule has 1 fully saturated rings. The van der Waals surface area contributed by atoms with E-state index in [9.17, 15) is 4.79 Å². The summed E-state index contributed by atoms with van der Waals surface area (Å²) in [5.41, 5.74) is 2.47. The number of carbonyl (C=O) groups is 1. The number of fused-ring (bicyclic) bond motifs is 1. The highest BCUT2D eigenvalue weighted by Gasteiger charge is 2.47. The molecule has 0 spiro atoms. The fraction of sp³-hybridized carbons (Fsp3) is 0.500. The Balaban J connectivity index is 1.79. The van der Waals surface area contributed by atoms with Crippen LogP contribution >= 0.6 is 0 Å². The fourth-order valence-electron chi connectivity index (χ4n) is 2.58. The Morgan fingerprint density at radius 3 is 3.24 bits per heavy atom. The van der Waals surface area contributed by atoms with E-state index in [0.29, 0.717) is 12.5 Å². The molecular weight excluding hydrogens is 216 g/mol. The monoisotopic (exact) mass is 232 g/mol. The Morgan fingerprint density at radius 2 is 2.41 bits per heavy atom. The van der Waals surface area contributed by atoms with Gasteiger partial charge < -0.3 is 9.47 Å². The van der Waals surface area contributed by atoms with Crippen LogP contribution in [0.15, 0.2) is 18.2 Å². The zero-order chi connectivity index (χ0) is 11.8. The predicted octanol–water partition coefficient (Wildman–Crippen LogP) is 2.29. The molecule has 1 aromatic rings. The lowest BCUT2D eigenvalue weighted by atomic mass is 10.0. The van der Waals surface area contributed by atoms with Crippen LogP contribution in [-0.4, -0.2) is 19.2 Å². The van der Waals surface area contributed by atoms with Crippen molar-refractivity contribution in [1.29, 1.82) is 0 Å². The van der Waals surface area contributed by atoms with Gasteiger partial charge in [-0.25, -0.2) is 0 Å². The van der Waals surface area contributed by atoms with Crippen molar-refractivity contribution in [2.75, 3.05) is 13.2 Å². The van der Waals surface area contributed by atoms with E-state index in [1.54, 1.807) is 0 Å². The summed E-state index contributed by atoms with van der Waals surface area (Å²) in [7, 11) is 0. The molecule has 1 heterocycles. The maximum Gasteiger partial charge on any atom is 0.309 e. The topological polar surface area (TPSA) is 35.5 Å². The summed E-state index contributed by atoms with van der Waals surface area (Å²) >= 11 is 0. The molecule has 3 nitrogen and oxygen atoms in total. The molecule has 0 amide bonds. The van der Waals surface area contributed by atoms with Gasteiger partial charge in [-0.15, -0.1) is 0 Å². The van der Waals surface area contributed by atoms with Crippen molar-refractivity contribution in [3.05, 3.63) is 29.3 Å². The normalized spacial score (nSPS) is 25.0. The lowest BCUT2D eigenvalue weighted by molar-refractivity contribution is -0.144. The van der Waals surface area contributed by atoms with Crippen molar-refractivity contribution in [3.8, 4) is 5.75 Å². The third kappa shape index (κ3) is 1.79. The van der Waals surface area contributed by atoms with E-state index in [1.807, 2.05) is 6.92 Å². The number of para-hydroxylation sites is 1. The van der Waals surface area contributed by atoms with Gasteiger partial charge in [0.15, 0.2) is 0 Å². The van der Waals surface area contributed by atoms with E-state index >= 15 is 0 Å². The van der Waals surface area contributed by atoms with Gasteiger partial charge in [0.1, 0.15) is 5.75 Å². The van der Waals surface area contributed by atoms with Crippen LogP contribution in [0.2, 0.25) is 0 Å². The fourth-order valence-corrected chi connectivity index (χ4v) is 2.58. The standard InChI is InChI=1S/C14H16O3/c1-2-16-14(15)12-8-11(12)10-5-3-4-9-6-7-17-13(9)10/h3-5,11-12H,2,6-8H2,1H3. The van der Waals surface area contributed by atoms with Crippen molar-refractivity contribution < 1.29 is 14.3 Å². The summed E-state index contributed by atoms with van der Waals surface area (Å²) in [4.78, 5) is 11.6. The third-order valence-corrected chi connectivity index (χ3v) is 3.52. The quantitative estimate of drug-likeness (QED) is 0.750. The first kappa shape index (κ1) is 10.6. The average Bonchev–Trinajstić information content (AvgIpc) is 2.98. The summed E-state index contributed by atoms with van der Waals surface area (Å²) < 4.78 is 10.7. The minimum atomic E-state index is -0.0619. The number of hydrogen-bond donors (Lipinski definition) is 0. The maximum absolute atomic E-state index is 11.6. The van der Waals surface area contributed by atoms with Crippen molar-refractivity contribution in [2.24, 2.45) is 5.92 Å². The molecule has 3 heteroatoms. The Morgan fingerprint density at radius 1 is 1.53 bits per heavy atom. The van der Waals surface area contributed by atoms with Gasteiger partial charge in [-0.1, -0.05) is 18.2 Å². The summed E-state index contributed by atoms with van der Waals surface area (Å²) in [6.45, 7) is 3.08. The van der Waals surface area contributed by atoms with Crippen LogP contribution in [0.4, 0.5) is 0 Å². The van der Waals surface area contributed by atoms with Crippen LogP contribution in [0, 0.1) is 5.92 Å². The maximum atomic E-state index is 11.6. The zero-order valence-electron chi connectivity index (χ0n) is 9.94. The summed E-state index contributed by atoms with van der Waals surface area (Å²) in [6, 6.07) is 6.24. The van der Waals surface area contributed by atoms with Gasteiger partial charge >= 0.3 is 5.97 Å². The van der Waals surface area contributed by atoms with Crippen LogP contribution in [0.5, 0.6) is 5.75 Å². The second-order valence-electron chi connectivity index (χ2n) is 4.63. The molecule has 2 atom stereocenters. The van der Waals surface area contributed by atoms with Crippen LogP contribution < -0.4 is 4.74 Å². The summed E-state index contributed by atoms with van der Waals surface area (Å²) in [5.74, 6) is 1.31. The number of ether oxygens (including phenoxy) is 2. The summed E-state index contributed by atoms with van der Waals surface area (Å²) in [6.07, 6.45) is 1.89. The Hall–Kier alpha value is -1.51. The predicted molar refractivity (Wildman–Crippen MR) is 63.1 cm³/mol. The SMILES string of the molecule is CCOC(=O)C1CC1c1cccc2c1OCC2. The highest BCUT2D eigenvalue weighted by molar-refractivity contribution is 5.78. The van der Waals surface area contributed by atoms with E-state index in [0.717, 1.165) is 25.2 Å². The number of esters is 1. The third-order valence-electron chi connectivity index (χ3n) is 3.52. The molecule has 3 rings (SSSR count). The molecule has 1 aliphatic heterocycles. The van der Waals surface area contributed by atoms with Crippen molar-refractivity contribution in [2.45, 2.75) is 25.7 Å². The van der Waals surface area contributed by atoms with Gasteiger partial charge in [-0.2, -0.15) is 0 Å². The second kappa shape index (κ2) is 4.06.